The standard InChI is InChI=1S/C12H11O4P.C8H9NO.C2H4O2/c13-17(14,15-11-7-3-1-4-8-11)16-12-9-5-2-6-10-12;1-7(10)9-8-5-3-2-4-6-8;1-2(3)4/h1-10H,(H,13,14);2-6H,1H3,(H,9,10);1H3,(H,3,4). The first-order valence-electron chi connectivity index (χ1n) is 9.02. The molecule has 0 saturated heterocycles. The second-order valence-electron chi connectivity index (χ2n) is 5.84. The summed E-state index contributed by atoms with van der Waals surface area (Å²) in [7, 11) is -4.14. The Hall–Kier alpha value is -3.61. The van der Waals surface area contributed by atoms with Crippen molar-refractivity contribution in [1.82, 2.24) is 0 Å². The van der Waals surface area contributed by atoms with Gasteiger partial charge in [0.15, 0.2) is 0 Å². The summed E-state index contributed by atoms with van der Waals surface area (Å²) in [5.41, 5.74) is 0.843. The summed E-state index contributed by atoms with van der Waals surface area (Å²) in [5.74, 6) is -0.297. The van der Waals surface area contributed by atoms with Gasteiger partial charge in [-0.3, -0.25) is 14.5 Å². The number of benzene rings is 3. The van der Waals surface area contributed by atoms with E-state index in [1.54, 1.807) is 60.7 Å². The van der Waals surface area contributed by atoms with Crippen LogP contribution in [-0.2, 0) is 14.2 Å². The zero-order chi connectivity index (χ0) is 23.1. The summed E-state index contributed by atoms with van der Waals surface area (Å²) in [6, 6.07) is 26.1. The maximum Gasteiger partial charge on any atom is 0.584 e. The van der Waals surface area contributed by atoms with Crippen LogP contribution in [0.15, 0.2) is 91.0 Å². The highest BCUT2D eigenvalue weighted by molar-refractivity contribution is 7.48. The molecule has 164 valence electrons. The fraction of sp³-hybridized carbons (Fsp3) is 0.0909. The molecule has 31 heavy (non-hydrogen) atoms. The number of carboxylic acid groups (broad SMARTS) is 1. The third-order valence-electron chi connectivity index (χ3n) is 3.02. The van der Waals surface area contributed by atoms with Crippen molar-refractivity contribution in [3.05, 3.63) is 91.0 Å². The normalized spacial score (nSPS) is 9.65. The van der Waals surface area contributed by atoms with Gasteiger partial charge in [-0.1, -0.05) is 54.6 Å². The Balaban J connectivity index is 0.000000290. The lowest BCUT2D eigenvalue weighted by Crippen LogP contribution is -2.04. The van der Waals surface area contributed by atoms with E-state index in [0.29, 0.717) is 0 Å². The van der Waals surface area contributed by atoms with Gasteiger partial charge in [-0.15, -0.1) is 0 Å². The average Bonchev–Trinajstić information content (AvgIpc) is 2.69. The first-order chi connectivity index (χ1) is 14.7. The number of aliphatic carboxylic acids is 1. The van der Waals surface area contributed by atoms with Crippen molar-refractivity contribution in [2.24, 2.45) is 0 Å². The van der Waals surface area contributed by atoms with E-state index in [1.165, 1.54) is 6.92 Å². The number of amides is 1. The Kier molecular flexibility index (Phi) is 11.1. The van der Waals surface area contributed by atoms with Gasteiger partial charge in [-0.25, -0.2) is 4.57 Å². The number of phosphoric acid groups is 1. The molecule has 9 heteroatoms. The van der Waals surface area contributed by atoms with Crippen LogP contribution in [0.25, 0.3) is 0 Å². The largest absolute Gasteiger partial charge is 0.584 e. The number of rotatable bonds is 5. The number of phosphoric ester groups is 1. The number of carbonyl (C=O) groups excluding carboxylic acids is 1. The van der Waals surface area contributed by atoms with Crippen LogP contribution in [-0.4, -0.2) is 21.9 Å². The average molecular weight is 445 g/mol. The molecule has 8 nitrogen and oxygen atoms in total. The van der Waals surface area contributed by atoms with Crippen LogP contribution >= 0.6 is 7.82 Å². The Bertz CT molecular complexity index is 917. The quantitative estimate of drug-likeness (QED) is 0.473. The third kappa shape index (κ3) is 13.3. The van der Waals surface area contributed by atoms with Gasteiger partial charge in [-0.2, -0.15) is 0 Å². The Morgan fingerprint density at radius 3 is 1.39 bits per heavy atom. The lowest BCUT2D eigenvalue weighted by molar-refractivity contribution is -0.134. The van der Waals surface area contributed by atoms with E-state index in [1.807, 2.05) is 30.3 Å². The van der Waals surface area contributed by atoms with Crippen molar-refractivity contribution < 1.29 is 33.2 Å². The summed E-state index contributed by atoms with van der Waals surface area (Å²) in [6.07, 6.45) is 0. The first kappa shape index (κ1) is 25.4. The SMILES string of the molecule is CC(=O)Nc1ccccc1.CC(=O)O.O=P(O)(Oc1ccccc1)Oc1ccccc1. The maximum absolute atomic E-state index is 11.7. The highest BCUT2D eigenvalue weighted by Gasteiger charge is 2.24. The van der Waals surface area contributed by atoms with E-state index in [9.17, 15) is 14.3 Å². The van der Waals surface area contributed by atoms with E-state index in [-0.39, 0.29) is 17.4 Å². The van der Waals surface area contributed by atoms with Crippen molar-refractivity contribution in [2.45, 2.75) is 13.8 Å². The Labute approximate surface area is 180 Å². The van der Waals surface area contributed by atoms with E-state index in [0.717, 1.165) is 12.6 Å². The van der Waals surface area contributed by atoms with Crippen molar-refractivity contribution in [3.8, 4) is 11.5 Å². The second-order valence-corrected chi connectivity index (χ2v) is 7.15. The molecule has 0 aliphatic carbocycles. The van der Waals surface area contributed by atoms with Crippen LogP contribution in [0.2, 0.25) is 0 Å². The van der Waals surface area contributed by atoms with Crippen molar-refractivity contribution in [1.29, 1.82) is 0 Å². The maximum atomic E-state index is 11.7. The lowest BCUT2D eigenvalue weighted by atomic mass is 10.3. The molecule has 0 spiro atoms. The lowest BCUT2D eigenvalue weighted by Gasteiger charge is -2.13. The first-order valence-corrected chi connectivity index (χ1v) is 10.5. The number of carbonyl (C=O) groups is 2. The van der Waals surface area contributed by atoms with Crippen molar-refractivity contribution >= 4 is 25.4 Å². The van der Waals surface area contributed by atoms with Gasteiger partial charge < -0.3 is 19.5 Å². The molecule has 0 aliphatic rings. The minimum Gasteiger partial charge on any atom is -0.481 e. The Morgan fingerprint density at radius 1 is 0.742 bits per heavy atom. The molecule has 0 fully saturated rings. The minimum atomic E-state index is -4.14. The van der Waals surface area contributed by atoms with E-state index >= 15 is 0 Å². The number of anilines is 1. The predicted molar refractivity (Wildman–Crippen MR) is 118 cm³/mol. The molecular formula is C22H24NO7P. The smallest absolute Gasteiger partial charge is 0.481 e. The molecule has 0 atom stereocenters. The fourth-order valence-electron chi connectivity index (χ4n) is 1.97. The summed E-state index contributed by atoms with van der Waals surface area (Å²) >= 11 is 0. The van der Waals surface area contributed by atoms with Gasteiger partial charge in [0, 0.05) is 19.5 Å². The van der Waals surface area contributed by atoms with Crippen LogP contribution in [0.3, 0.4) is 0 Å². The molecule has 0 aliphatic heterocycles. The molecule has 0 aromatic heterocycles. The molecule has 0 saturated carbocycles. The molecule has 3 aromatic rings. The summed E-state index contributed by atoms with van der Waals surface area (Å²) < 4.78 is 21.5. The number of carboxylic acids is 1. The third-order valence-corrected chi connectivity index (χ3v) is 3.91. The van der Waals surface area contributed by atoms with Gasteiger partial charge >= 0.3 is 7.82 Å². The molecule has 3 N–H and O–H groups in total. The van der Waals surface area contributed by atoms with Gasteiger partial charge in [0.05, 0.1) is 0 Å². The van der Waals surface area contributed by atoms with E-state index in [4.69, 9.17) is 18.9 Å². The molecule has 0 radical (unpaired) electrons. The molecule has 3 rings (SSSR count). The monoisotopic (exact) mass is 445 g/mol. The summed E-state index contributed by atoms with van der Waals surface area (Å²) in [6.45, 7) is 2.58. The zero-order valence-electron chi connectivity index (χ0n) is 17.0. The predicted octanol–water partition coefficient (Wildman–Crippen LogP) is 4.98. The van der Waals surface area contributed by atoms with Crippen LogP contribution in [0, 0.1) is 0 Å². The summed E-state index contributed by atoms with van der Waals surface area (Å²) in [5, 5.41) is 10.1. The van der Waals surface area contributed by atoms with Crippen LogP contribution in [0.4, 0.5) is 5.69 Å². The number of para-hydroxylation sites is 3. The topological polar surface area (TPSA) is 122 Å². The molecule has 0 bridgehead atoms. The van der Waals surface area contributed by atoms with Crippen molar-refractivity contribution in [3.63, 3.8) is 0 Å². The Morgan fingerprint density at radius 2 is 1.06 bits per heavy atom. The van der Waals surface area contributed by atoms with Crippen LogP contribution in [0.1, 0.15) is 13.8 Å². The molecule has 3 aromatic carbocycles. The van der Waals surface area contributed by atoms with Gasteiger partial charge in [0.25, 0.3) is 5.97 Å². The van der Waals surface area contributed by atoms with Crippen LogP contribution in [0.5, 0.6) is 11.5 Å². The highest BCUT2D eigenvalue weighted by Crippen LogP contribution is 2.44. The number of hydrogen-bond acceptors (Lipinski definition) is 5. The molecule has 1 amide bonds. The fourth-order valence-corrected chi connectivity index (χ4v) is 2.79. The van der Waals surface area contributed by atoms with Gasteiger partial charge in [0.2, 0.25) is 5.91 Å². The number of nitrogens with one attached hydrogen (secondary N) is 1. The second kappa shape index (κ2) is 13.6. The van der Waals surface area contributed by atoms with Crippen LogP contribution < -0.4 is 14.4 Å². The van der Waals surface area contributed by atoms with E-state index < -0.39 is 13.8 Å². The number of hydrogen-bond donors (Lipinski definition) is 3. The highest BCUT2D eigenvalue weighted by atomic mass is 31.2. The minimum absolute atomic E-state index is 0.0359. The molecule has 0 unspecified atom stereocenters. The van der Waals surface area contributed by atoms with Gasteiger partial charge in [0.1, 0.15) is 11.5 Å². The summed E-state index contributed by atoms with van der Waals surface area (Å²) in [4.78, 5) is 29.0. The zero-order valence-corrected chi connectivity index (χ0v) is 17.9. The van der Waals surface area contributed by atoms with Crippen molar-refractivity contribution in [2.75, 3.05) is 5.32 Å². The molecular weight excluding hydrogens is 421 g/mol. The van der Waals surface area contributed by atoms with Gasteiger partial charge in [-0.05, 0) is 36.4 Å². The molecule has 0 heterocycles. The van der Waals surface area contributed by atoms with E-state index in [2.05, 4.69) is 5.32 Å².